The molecule has 0 radical (unpaired) electrons. The summed E-state index contributed by atoms with van der Waals surface area (Å²) in [5.74, 6) is 0.446. The molecule has 0 aliphatic carbocycles. The molecule has 1 N–H and O–H groups in total. The fourth-order valence-electron chi connectivity index (χ4n) is 2.04. The maximum atomic E-state index is 13.4. The van der Waals surface area contributed by atoms with Gasteiger partial charge in [0.2, 0.25) is 0 Å². The number of thiazole rings is 1. The fourth-order valence-corrected chi connectivity index (χ4v) is 2.93. The highest BCUT2D eigenvalue weighted by Gasteiger charge is 2.12. The van der Waals surface area contributed by atoms with Gasteiger partial charge < -0.3 is 10.1 Å². The zero-order valence-corrected chi connectivity index (χ0v) is 13.5. The lowest BCUT2D eigenvalue weighted by Gasteiger charge is -2.16. The first kappa shape index (κ1) is 15.9. The molecular formula is C16H21FN2OS. The molecule has 0 saturated heterocycles. The van der Waals surface area contributed by atoms with Gasteiger partial charge in [-0.25, -0.2) is 9.37 Å². The minimum absolute atomic E-state index is 0.0294. The standard InChI is InChI=1S/C16H21FN2OS/c1-4-5-16-19-13(10-21-16)9-20-15-7-6-12(17)8-14(15)11(2)18-3/h6-8,10-11,18H,4-5,9H2,1-3H3. The number of hydrogen-bond donors (Lipinski definition) is 1. The van der Waals surface area contributed by atoms with Crippen molar-refractivity contribution in [3.63, 3.8) is 0 Å². The smallest absolute Gasteiger partial charge is 0.131 e. The third kappa shape index (κ3) is 4.25. The Morgan fingerprint density at radius 3 is 2.95 bits per heavy atom. The van der Waals surface area contributed by atoms with E-state index in [2.05, 4.69) is 17.2 Å². The Labute approximate surface area is 129 Å². The average Bonchev–Trinajstić information content (AvgIpc) is 2.93. The number of nitrogens with zero attached hydrogens (tertiary/aromatic N) is 1. The predicted octanol–water partition coefficient (Wildman–Crippen LogP) is 4.09. The monoisotopic (exact) mass is 308 g/mol. The molecule has 1 heterocycles. The summed E-state index contributed by atoms with van der Waals surface area (Å²) in [4.78, 5) is 4.53. The van der Waals surface area contributed by atoms with Gasteiger partial charge in [0, 0.05) is 17.0 Å². The molecule has 0 amide bonds. The topological polar surface area (TPSA) is 34.1 Å². The van der Waals surface area contributed by atoms with Crippen molar-refractivity contribution in [2.75, 3.05) is 7.05 Å². The van der Waals surface area contributed by atoms with Crippen molar-refractivity contribution in [3.8, 4) is 5.75 Å². The van der Waals surface area contributed by atoms with E-state index in [1.807, 2.05) is 19.4 Å². The second kappa shape index (κ2) is 7.52. The van der Waals surface area contributed by atoms with E-state index in [1.165, 1.54) is 12.1 Å². The number of ether oxygens (including phenoxy) is 1. The van der Waals surface area contributed by atoms with E-state index in [0.29, 0.717) is 12.4 Å². The molecule has 5 heteroatoms. The summed E-state index contributed by atoms with van der Waals surface area (Å²) in [5, 5.41) is 6.27. The molecule has 2 rings (SSSR count). The minimum atomic E-state index is -0.252. The molecule has 0 fully saturated rings. The van der Waals surface area contributed by atoms with E-state index in [0.717, 1.165) is 29.1 Å². The van der Waals surface area contributed by atoms with Gasteiger partial charge in [-0.15, -0.1) is 11.3 Å². The molecule has 0 aliphatic rings. The molecule has 21 heavy (non-hydrogen) atoms. The van der Waals surface area contributed by atoms with Gasteiger partial charge in [-0.1, -0.05) is 6.92 Å². The second-order valence-corrected chi connectivity index (χ2v) is 5.91. The largest absolute Gasteiger partial charge is 0.487 e. The zero-order chi connectivity index (χ0) is 15.2. The van der Waals surface area contributed by atoms with Crippen molar-refractivity contribution < 1.29 is 9.13 Å². The van der Waals surface area contributed by atoms with Crippen molar-refractivity contribution in [1.29, 1.82) is 0 Å². The van der Waals surface area contributed by atoms with Gasteiger partial charge in [-0.3, -0.25) is 0 Å². The van der Waals surface area contributed by atoms with Crippen LogP contribution in [-0.2, 0) is 13.0 Å². The van der Waals surface area contributed by atoms with E-state index in [9.17, 15) is 4.39 Å². The summed E-state index contributed by atoms with van der Waals surface area (Å²) < 4.78 is 19.2. The molecule has 0 saturated carbocycles. The lowest BCUT2D eigenvalue weighted by molar-refractivity contribution is 0.295. The normalized spacial score (nSPS) is 12.4. The molecule has 0 spiro atoms. The van der Waals surface area contributed by atoms with Crippen molar-refractivity contribution in [1.82, 2.24) is 10.3 Å². The number of aryl methyl sites for hydroxylation is 1. The summed E-state index contributed by atoms with van der Waals surface area (Å²) >= 11 is 1.66. The Morgan fingerprint density at radius 1 is 1.43 bits per heavy atom. The third-order valence-electron chi connectivity index (χ3n) is 3.31. The molecule has 2 aromatic rings. The summed E-state index contributed by atoms with van der Waals surface area (Å²) in [6.45, 7) is 4.53. The fraction of sp³-hybridized carbons (Fsp3) is 0.438. The van der Waals surface area contributed by atoms with Crippen LogP contribution in [0.3, 0.4) is 0 Å². The van der Waals surface area contributed by atoms with Crippen LogP contribution in [0, 0.1) is 5.82 Å². The molecule has 1 atom stereocenters. The SMILES string of the molecule is CCCc1nc(COc2ccc(F)cc2C(C)NC)cs1. The molecule has 0 bridgehead atoms. The number of hydrogen-bond acceptors (Lipinski definition) is 4. The number of rotatable bonds is 7. The Hall–Kier alpha value is -1.46. The highest BCUT2D eigenvalue weighted by atomic mass is 32.1. The molecule has 3 nitrogen and oxygen atoms in total. The van der Waals surface area contributed by atoms with Gasteiger partial charge in [0.1, 0.15) is 18.2 Å². The predicted molar refractivity (Wildman–Crippen MR) is 84.3 cm³/mol. The second-order valence-electron chi connectivity index (χ2n) is 4.96. The summed E-state index contributed by atoms with van der Waals surface area (Å²) in [6.07, 6.45) is 2.10. The lowest BCUT2D eigenvalue weighted by Crippen LogP contribution is -2.14. The van der Waals surface area contributed by atoms with Gasteiger partial charge in [0.15, 0.2) is 0 Å². The summed E-state index contributed by atoms with van der Waals surface area (Å²) in [7, 11) is 1.84. The third-order valence-corrected chi connectivity index (χ3v) is 4.27. The van der Waals surface area contributed by atoms with Crippen LogP contribution in [0.5, 0.6) is 5.75 Å². The highest BCUT2D eigenvalue weighted by molar-refractivity contribution is 7.09. The molecule has 1 aromatic carbocycles. The van der Waals surface area contributed by atoms with Crippen LogP contribution in [-0.4, -0.2) is 12.0 Å². The van der Waals surface area contributed by atoms with E-state index in [1.54, 1.807) is 17.4 Å². The van der Waals surface area contributed by atoms with Gasteiger partial charge in [-0.2, -0.15) is 0 Å². The lowest BCUT2D eigenvalue weighted by atomic mass is 10.1. The Kier molecular flexibility index (Phi) is 5.70. The van der Waals surface area contributed by atoms with Gasteiger partial charge in [0.25, 0.3) is 0 Å². The first-order chi connectivity index (χ1) is 10.1. The van der Waals surface area contributed by atoms with Crippen LogP contribution >= 0.6 is 11.3 Å². The zero-order valence-electron chi connectivity index (χ0n) is 12.6. The number of halogens is 1. The maximum Gasteiger partial charge on any atom is 0.131 e. The van der Waals surface area contributed by atoms with Crippen LogP contribution in [0.1, 0.15) is 42.6 Å². The van der Waals surface area contributed by atoms with Gasteiger partial charge >= 0.3 is 0 Å². The van der Waals surface area contributed by atoms with Gasteiger partial charge in [-0.05, 0) is 45.0 Å². The van der Waals surface area contributed by atoms with Gasteiger partial charge in [0.05, 0.1) is 10.7 Å². The molecular weight excluding hydrogens is 287 g/mol. The van der Waals surface area contributed by atoms with Crippen molar-refractivity contribution in [2.45, 2.75) is 39.3 Å². The number of benzene rings is 1. The number of aromatic nitrogens is 1. The Bertz CT molecular complexity index is 585. The Morgan fingerprint density at radius 2 is 2.24 bits per heavy atom. The average molecular weight is 308 g/mol. The van der Waals surface area contributed by atoms with E-state index < -0.39 is 0 Å². The van der Waals surface area contributed by atoms with E-state index in [4.69, 9.17) is 4.74 Å². The van der Waals surface area contributed by atoms with Crippen LogP contribution in [0.15, 0.2) is 23.6 Å². The van der Waals surface area contributed by atoms with Crippen molar-refractivity contribution >= 4 is 11.3 Å². The van der Waals surface area contributed by atoms with Crippen LogP contribution < -0.4 is 10.1 Å². The van der Waals surface area contributed by atoms with Crippen molar-refractivity contribution in [3.05, 3.63) is 45.7 Å². The Balaban J connectivity index is 2.08. The van der Waals surface area contributed by atoms with Crippen LogP contribution in [0.25, 0.3) is 0 Å². The molecule has 114 valence electrons. The summed E-state index contributed by atoms with van der Waals surface area (Å²) in [5.41, 5.74) is 1.75. The minimum Gasteiger partial charge on any atom is -0.487 e. The van der Waals surface area contributed by atoms with E-state index >= 15 is 0 Å². The number of nitrogens with one attached hydrogen (secondary N) is 1. The molecule has 1 aromatic heterocycles. The first-order valence-electron chi connectivity index (χ1n) is 7.16. The highest BCUT2D eigenvalue weighted by Crippen LogP contribution is 2.27. The first-order valence-corrected chi connectivity index (χ1v) is 8.04. The quantitative estimate of drug-likeness (QED) is 0.836. The molecule has 1 unspecified atom stereocenters. The molecule has 0 aliphatic heterocycles. The van der Waals surface area contributed by atoms with Crippen LogP contribution in [0.2, 0.25) is 0 Å². The maximum absolute atomic E-state index is 13.4. The summed E-state index contributed by atoms with van der Waals surface area (Å²) in [6, 6.07) is 4.64. The van der Waals surface area contributed by atoms with E-state index in [-0.39, 0.29) is 11.9 Å². The van der Waals surface area contributed by atoms with Crippen LogP contribution in [0.4, 0.5) is 4.39 Å². The van der Waals surface area contributed by atoms with Crippen molar-refractivity contribution in [2.24, 2.45) is 0 Å².